The Hall–Kier alpha value is -1.14. The maximum absolute atomic E-state index is 10.4. The van der Waals surface area contributed by atoms with Crippen molar-refractivity contribution < 1.29 is 29.6 Å². The summed E-state index contributed by atoms with van der Waals surface area (Å²) < 4.78 is 4.11. The van der Waals surface area contributed by atoms with E-state index in [9.17, 15) is 9.59 Å². The van der Waals surface area contributed by atoms with E-state index in [0.717, 1.165) is 0 Å². The third-order valence-electron chi connectivity index (χ3n) is 1.36. The summed E-state index contributed by atoms with van der Waals surface area (Å²) in [6.45, 7) is 0. The molecule has 1 aliphatic rings. The average Bonchev–Trinajstić information content (AvgIpc) is 2.17. The standard InChI is InChI=1S/C5H6O6/c6-1-2(7)5(10)11-3(1)4(8)9/h1-3,6-7H,(H,8,9)/t1-,2+,3+/m0/s1. The number of aliphatic hydroxyl groups excluding tert-OH is 2. The Morgan fingerprint density at radius 3 is 2.18 bits per heavy atom. The second-order valence-electron chi connectivity index (χ2n) is 2.13. The molecule has 0 spiro atoms. The van der Waals surface area contributed by atoms with Crippen molar-refractivity contribution in [3.8, 4) is 0 Å². The maximum atomic E-state index is 10.4. The van der Waals surface area contributed by atoms with E-state index in [0.29, 0.717) is 0 Å². The van der Waals surface area contributed by atoms with Gasteiger partial charge in [0.15, 0.2) is 6.10 Å². The van der Waals surface area contributed by atoms with E-state index in [-0.39, 0.29) is 0 Å². The van der Waals surface area contributed by atoms with Gasteiger partial charge in [0.2, 0.25) is 6.10 Å². The Kier molecular flexibility index (Phi) is 1.79. The molecule has 6 heteroatoms. The number of rotatable bonds is 1. The summed E-state index contributed by atoms with van der Waals surface area (Å²) in [4.78, 5) is 20.6. The fourth-order valence-electron chi connectivity index (χ4n) is 0.766. The molecule has 0 radical (unpaired) electrons. The van der Waals surface area contributed by atoms with E-state index < -0.39 is 30.3 Å². The molecule has 1 saturated heterocycles. The predicted octanol–water partition coefficient (Wildman–Crippen LogP) is -2.28. The first-order valence-electron chi connectivity index (χ1n) is 2.83. The molecular weight excluding hydrogens is 156 g/mol. The normalized spacial score (nSPS) is 36.9. The molecular formula is C5H6O6. The molecule has 1 heterocycles. The molecule has 1 rings (SSSR count). The first-order valence-corrected chi connectivity index (χ1v) is 2.83. The molecule has 0 bridgehead atoms. The number of aliphatic carboxylic acids is 1. The van der Waals surface area contributed by atoms with Crippen LogP contribution >= 0.6 is 0 Å². The SMILES string of the molecule is O=C1O[C@@H](C(=O)O)[C@@H](O)[C@H]1O. The van der Waals surface area contributed by atoms with Crippen LogP contribution in [0.15, 0.2) is 0 Å². The Balaban J connectivity index is 2.74. The van der Waals surface area contributed by atoms with Gasteiger partial charge in [0.25, 0.3) is 0 Å². The number of carboxylic acids is 1. The first kappa shape index (κ1) is 7.96. The molecule has 6 nitrogen and oxygen atoms in total. The molecule has 1 fully saturated rings. The number of carbonyl (C=O) groups is 2. The lowest BCUT2D eigenvalue weighted by molar-refractivity contribution is -0.159. The molecule has 0 unspecified atom stereocenters. The van der Waals surface area contributed by atoms with Crippen molar-refractivity contribution in [3.63, 3.8) is 0 Å². The van der Waals surface area contributed by atoms with Gasteiger partial charge >= 0.3 is 11.9 Å². The van der Waals surface area contributed by atoms with Crippen molar-refractivity contribution in [2.45, 2.75) is 18.3 Å². The van der Waals surface area contributed by atoms with Crippen molar-refractivity contribution in [3.05, 3.63) is 0 Å². The summed E-state index contributed by atoms with van der Waals surface area (Å²) in [6, 6.07) is 0. The molecule has 62 valence electrons. The molecule has 0 aromatic heterocycles. The summed E-state index contributed by atoms with van der Waals surface area (Å²) >= 11 is 0. The van der Waals surface area contributed by atoms with Gasteiger partial charge in [0.05, 0.1) is 0 Å². The van der Waals surface area contributed by atoms with Crippen LogP contribution in [0.5, 0.6) is 0 Å². The molecule has 11 heavy (non-hydrogen) atoms. The van der Waals surface area contributed by atoms with E-state index in [1.54, 1.807) is 0 Å². The highest BCUT2D eigenvalue weighted by Crippen LogP contribution is 2.15. The van der Waals surface area contributed by atoms with Crippen LogP contribution in [-0.4, -0.2) is 45.6 Å². The fraction of sp³-hybridized carbons (Fsp3) is 0.600. The monoisotopic (exact) mass is 162 g/mol. The average molecular weight is 162 g/mol. The van der Waals surface area contributed by atoms with Crippen molar-refractivity contribution in [2.75, 3.05) is 0 Å². The zero-order valence-electron chi connectivity index (χ0n) is 5.30. The smallest absolute Gasteiger partial charge is 0.347 e. The first-order chi connectivity index (χ1) is 5.04. The zero-order valence-corrected chi connectivity index (χ0v) is 5.30. The van der Waals surface area contributed by atoms with Gasteiger partial charge in [-0.15, -0.1) is 0 Å². The van der Waals surface area contributed by atoms with Crippen molar-refractivity contribution in [2.24, 2.45) is 0 Å². The van der Waals surface area contributed by atoms with E-state index in [2.05, 4.69) is 4.74 Å². The molecule has 0 aromatic carbocycles. The van der Waals surface area contributed by atoms with Crippen LogP contribution < -0.4 is 0 Å². The van der Waals surface area contributed by atoms with Gasteiger partial charge in [-0.05, 0) is 0 Å². The molecule has 0 amide bonds. The van der Waals surface area contributed by atoms with Gasteiger partial charge in [-0.25, -0.2) is 9.59 Å². The van der Waals surface area contributed by atoms with Crippen LogP contribution in [0.4, 0.5) is 0 Å². The number of carboxylic acid groups (broad SMARTS) is 1. The van der Waals surface area contributed by atoms with Crippen LogP contribution in [0.25, 0.3) is 0 Å². The van der Waals surface area contributed by atoms with Gasteiger partial charge in [0, 0.05) is 0 Å². The number of ether oxygens (including phenoxy) is 1. The van der Waals surface area contributed by atoms with E-state index in [1.165, 1.54) is 0 Å². The third-order valence-corrected chi connectivity index (χ3v) is 1.36. The quantitative estimate of drug-likeness (QED) is 0.375. The van der Waals surface area contributed by atoms with Crippen molar-refractivity contribution in [1.29, 1.82) is 0 Å². The lowest BCUT2D eigenvalue weighted by Crippen LogP contribution is -2.35. The summed E-state index contributed by atoms with van der Waals surface area (Å²) in [5.41, 5.74) is 0. The number of cyclic esters (lactones) is 1. The number of hydrogen-bond donors (Lipinski definition) is 3. The van der Waals surface area contributed by atoms with Crippen molar-refractivity contribution >= 4 is 11.9 Å². The Morgan fingerprint density at radius 1 is 1.45 bits per heavy atom. The second-order valence-corrected chi connectivity index (χ2v) is 2.13. The van der Waals surface area contributed by atoms with Crippen LogP contribution in [-0.2, 0) is 14.3 Å². The molecule has 3 atom stereocenters. The van der Waals surface area contributed by atoms with E-state index >= 15 is 0 Å². The second kappa shape index (κ2) is 2.48. The van der Waals surface area contributed by atoms with Crippen molar-refractivity contribution in [1.82, 2.24) is 0 Å². The van der Waals surface area contributed by atoms with Crippen LogP contribution in [0, 0.1) is 0 Å². The minimum Gasteiger partial charge on any atom is -0.478 e. The van der Waals surface area contributed by atoms with Gasteiger partial charge in [-0.2, -0.15) is 0 Å². The van der Waals surface area contributed by atoms with E-state index in [4.69, 9.17) is 15.3 Å². The fourth-order valence-corrected chi connectivity index (χ4v) is 0.766. The highest BCUT2D eigenvalue weighted by Gasteiger charge is 2.46. The number of hydrogen-bond acceptors (Lipinski definition) is 5. The lowest BCUT2D eigenvalue weighted by atomic mass is 10.1. The summed E-state index contributed by atoms with van der Waals surface area (Å²) in [5, 5.41) is 25.8. The van der Waals surface area contributed by atoms with Crippen LogP contribution in [0.2, 0.25) is 0 Å². The van der Waals surface area contributed by atoms with Gasteiger partial charge in [-0.3, -0.25) is 0 Å². The minimum absolute atomic E-state index is 1.11. The Labute approximate surface area is 61.0 Å². The van der Waals surface area contributed by atoms with Gasteiger partial charge in [0.1, 0.15) is 6.10 Å². The highest BCUT2D eigenvalue weighted by atomic mass is 16.6. The Bertz CT molecular complexity index is 199. The molecule has 1 aliphatic heterocycles. The number of esters is 1. The number of carbonyl (C=O) groups excluding carboxylic acids is 1. The highest BCUT2D eigenvalue weighted by molar-refractivity contribution is 5.85. The summed E-state index contributed by atoms with van der Waals surface area (Å²) in [6.07, 6.45) is -5.05. The number of aliphatic hydroxyl groups is 2. The van der Waals surface area contributed by atoms with Crippen LogP contribution in [0.1, 0.15) is 0 Å². The van der Waals surface area contributed by atoms with Gasteiger partial charge in [-0.1, -0.05) is 0 Å². The molecule has 0 aromatic rings. The third kappa shape index (κ3) is 1.17. The predicted molar refractivity (Wildman–Crippen MR) is 29.5 cm³/mol. The Morgan fingerprint density at radius 2 is 2.00 bits per heavy atom. The topological polar surface area (TPSA) is 104 Å². The summed E-state index contributed by atoms with van der Waals surface area (Å²) in [7, 11) is 0. The molecule has 0 aliphatic carbocycles. The molecule has 0 saturated carbocycles. The van der Waals surface area contributed by atoms with Gasteiger partial charge < -0.3 is 20.1 Å². The largest absolute Gasteiger partial charge is 0.478 e. The lowest BCUT2D eigenvalue weighted by Gasteiger charge is -2.06. The summed E-state index contributed by atoms with van der Waals surface area (Å²) in [5.74, 6) is -2.58. The minimum atomic E-state index is -1.74. The molecule has 3 N–H and O–H groups in total. The zero-order chi connectivity index (χ0) is 8.59. The van der Waals surface area contributed by atoms with Crippen LogP contribution in [0.3, 0.4) is 0 Å². The maximum Gasteiger partial charge on any atom is 0.347 e. The van der Waals surface area contributed by atoms with E-state index in [1.807, 2.05) is 0 Å².